The Labute approximate surface area is 121 Å². The van der Waals surface area contributed by atoms with Crippen molar-refractivity contribution in [2.75, 3.05) is 7.11 Å². The monoisotopic (exact) mass is 283 g/mol. The maximum atomic E-state index is 13.1. The third-order valence-electron chi connectivity index (χ3n) is 3.58. The van der Waals surface area contributed by atoms with E-state index in [0.29, 0.717) is 5.56 Å². The predicted octanol–water partition coefficient (Wildman–Crippen LogP) is 3.77. The maximum absolute atomic E-state index is 13.1. The lowest BCUT2D eigenvalue weighted by molar-refractivity contribution is 0.0601. The highest BCUT2D eigenvalue weighted by molar-refractivity contribution is 6.02. The number of halogens is 1. The van der Waals surface area contributed by atoms with Crippen LogP contribution in [0.15, 0.2) is 48.7 Å². The Morgan fingerprint density at radius 3 is 2.52 bits per heavy atom. The molecule has 0 saturated carbocycles. The summed E-state index contributed by atoms with van der Waals surface area (Å²) >= 11 is 0. The first kappa shape index (κ1) is 13.4. The van der Waals surface area contributed by atoms with Crippen molar-refractivity contribution in [1.82, 2.24) is 4.57 Å². The van der Waals surface area contributed by atoms with Crippen LogP contribution in [-0.4, -0.2) is 17.6 Å². The van der Waals surface area contributed by atoms with Gasteiger partial charge in [0, 0.05) is 24.1 Å². The van der Waals surface area contributed by atoms with Gasteiger partial charge in [-0.25, -0.2) is 9.18 Å². The fourth-order valence-electron chi connectivity index (χ4n) is 2.48. The number of hydrogen-bond donors (Lipinski definition) is 0. The molecule has 2 aromatic carbocycles. The second-order valence-electron chi connectivity index (χ2n) is 4.88. The van der Waals surface area contributed by atoms with Crippen LogP contribution in [0.25, 0.3) is 22.0 Å². The molecule has 1 heterocycles. The van der Waals surface area contributed by atoms with Crippen LogP contribution in [0.5, 0.6) is 0 Å². The number of rotatable bonds is 2. The summed E-state index contributed by atoms with van der Waals surface area (Å²) in [7, 11) is 3.27. The molecule has 0 amide bonds. The molecule has 21 heavy (non-hydrogen) atoms. The minimum Gasteiger partial charge on any atom is -0.465 e. The van der Waals surface area contributed by atoms with E-state index in [9.17, 15) is 9.18 Å². The van der Waals surface area contributed by atoms with Crippen LogP contribution < -0.4 is 0 Å². The van der Waals surface area contributed by atoms with Crippen LogP contribution in [0.3, 0.4) is 0 Å². The van der Waals surface area contributed by atoms with Crippen molar-refractivity contribution in [1.29, 1.82) is 0 Å². The van der Waals surface area contributed by atoms with E-state index in [1.54, 1.807) is 24.3 Å². The number of methoxy groups -OCH3 is 1. The van der Waals surface area contributed by atoms with Crippen molar-refractivity contribution in [3.63, 3.8) is 0 Å². The van der Waals surface area contributed by atoms with Gasteiger partial charge in [-0.3, -0.25) is 0 Å². The van der Waals surface area contributed by atoms with E-state index in [4.69, 9.17) is 4.74 Å². The molecule has 0 aliphatic carbocycles. The fraction of sp³-hybridized carbons (Fsp3) is 0.118. The number of aryl methyl sites for hydroxylation is 1. The van der Waals surface area contributed by atoms with Crippen LogP contribution in [0.2, 0.25) is 0 Å². The topological polar surface area (TPSA) is 31.2 Å². The number of fused-ring (bicyclic) bond motifs is 1. The molecule has 0 unspecified atom stereocenters. The van der Waals surface area contributed by atoms with Gasteiger partial charge in [-0.2, -0.15) is 0 Å². The van der Waals surface area contributed by atoms with Gasteiger partial charge < -0.3 is 9.30 Å². The number of ether oxygens (including phenoxy) is 1. The molecular weight excluding hydrogens is 269 g/mol. The molecule has 0 N–H and O–H groups in total. The summed E-state index contributed by atoms with van der Waals surface area (Å²) in [6.07, 6.45) is 1.93. The molecule has 1 aromatic heterocycles. The van der Waals surface area contributed by atoms with Gasteiger partial charge in [-0.15, -0.1) is 0 Å². The summed E-state index contributed by atoms with van der Waals surface area (Å²) in [6.45, 7) is 0. The van der Waals surface area contributed by atoms with Crippen molar-refractivity contribution in [2.24, 2.45) is 7.05 Å². The standard InChI is InChI=1S/C17H14FNO2/c1-19-8-7-14-15(11-3-5-13(18)6-4-11)9-12(10-16(14)19)17(20)21-2/h3-10H,1-2H3. The van der Waals surface area contributed by atoms with Crippen molar-refractivity contribution in [2.45, 2.75) is 0 Å². The van der Waals surface area contributed by atoms with Crippen molar-refractivity contribution in [3.8, 4) is 11.1 Å². The smallest absolute Gasteiger partial charge is 0.337 e. The number of aromatic nitrogens is 1. The van der Waals surface area contributed by atoms with Gasteiger partial charge in [-0.1, -0.05) is 12.1 Å². The normalized spacial score (nSPS) is 10.8. The molecule has 0 aliphatic rings. The molecular formula is C17H14FNO2. The summed E-state index contributed by atoms with van der Waals surface area (Å²) in [6, 6.07) is 11.8. The third kappa shape index (κ3) is 2.29. The lowest BCUT2D eigenvalue weighted by Gasteiger charge is -2.08. The molecule has 0 fully saturated rings. The highest BCUT2D eigenvalue weighted by Crippen LogP contribution is 2.31. The Hall–Kier alpha value is -2.62. The Bertz CT molecular complexity index is 819. The van der Waals surface area contributed by atoms with Crippen LogP contribution in [0.1, 0.15) is 10.4 Å². The Morgan fingerprint density at radius 1 is 1.14 bits per heavy atom. The maximum Gasteiger partial charge on any atom is 0.337 e. The highest BCUT2D eigenvalue weighted by Gasteiger charge is 2.13. The molecule has 106 valence electrons. The lowest BCUT2D eigenvalue weighted by atomic mass is 9.99. The van der Waals surface area contributed by atoms with Gasteiger partial charge in [0.25, 0.3) is 0 Å². The van der Waals surface area contributed by atoms with Gasteiger partial charge in [0.15, 0.2) is 0 Å². The van der Waals surface area contributed by atoms with E-state index in [0.717, 1.165) is 22.0 Å². The lowest BCUT2D eigenvalue weighted by Crippen LogP contribution is -2.02. The quantitative estimate of drug-likeness (QED) is 0.670. The first-order valence-corrected chi connectivity index (χ1v) is 6.53. The van der Waals surface area contributed by atoms with E-state index in [1.807, 2.05) is 23.9 Å². The van der Waals surface area contributed by atoms with Gasteiger partial charge in [-0.05, 0) is 41.5 Å². The number of hydrogen-bond acceptors (Lipinski definition) is 2. The fourth-order valence-corrected chi connectivity index (χ4v) is 2.48. The molecule has 0 saturated heterocycles. The van der Waals surface area contributed by atoms with Crippen LogP contribution in [-0.2, 0) is 11.8 Å². The van der Waals surface area contributed by atoms with Gasteiger partial charge in [0.2, 0.25) is 0 Å². The molecule has 0 bridgehead atoms. The molecule has 3 rings (SSSR count). The van der Waals surface area contributed by atoms with Crippen LogP contribution in [0, 0.1) is 5.82 Å². The minimum absolute atomic E-state index is 0.285. The molecule has 0 radical (unpaired) electrons. The van der Waals surface area contributed by atoms with Crippen molar-refractivity contribution in [3.05, 3.63) is 60.0 Å². The summed E-state index contributed by atoms with van der Waals surface area (Å²) in [5.74, 6) is -0.673. The van der Waals surface area contributed by atoms with E-state index in [-0.39, 0.29) is 11.8 Å². The first-order chi connectivity index (χ1) is 10.1. The van der Waals surface area contributed by atoms with E-state index in [2.05, 4.69) is 0 Å². The van der Waals surface area contributed by atoms with Crippen LogP contribution >= 0.6 is 0 Å². The zero-order valence-corrected chi connectivity index (χ0v) is 11.8. The molecule has 3 aromatic rings. The van der Waals surface area contributed by atoms with Gasteiger partial charge in [0.05, 0.1) is 12.7 Å². The summed E-state index contributed by atoms with van der Waals surface area (Å²) in [4.78, 5) is 11.8. The average molecular weight is 283 g/mol. The van der Waals surface area contributed by atoms with E-state index in [1.165, 1.54) is 19.2 Å². The van der Waals surface area contributed by atoms with Crippen molar-refractivity contribution < 1.29 is 13.9 Å². The predicted molar refractivity (Wildman–Crippen MR) is 79.7 cm³/mol. The number of nitrogens with zero attached hydrogens (tertiary/aromatic N) is 1. The SMILES string of the molecule is COC(=O)c1cc(-c2ccc(F)cc2)c2ccn(C)c2c1. The Balaban J connectivity index is 2.29. The largest absolute Gasteiger partial charge is 0.465 e. The van der Waals surface area contributed by atoms with Gasteiger partial charge >= 0.3 is 5.97 Å². The Morgan fingerprint density at radius 2 is 1.86 bits per heavy atom. The average Bonchev–Trinajstić information content (AvgIpc) is 2.88. The van der Waals surface area contributed by atoms with E-state index < -0.39 is 0 Å². The second kappa shape index (κ2) is 5.05. The third-order valence-corrected chi connectivity index (χ3v) is 3.58. The number of carbonyl (C=O) groups is 1. The van der Waals surface area contributed by atoms with Crippen molar-refractivity contribution >= 4 is 16.9 Å². The minimum atomic E-state index is -0.388. The Kier molecular flexibility index (Phi) is 3.22. The molecule has 4 heteroatoms. The number of benzene rings is 2. The first-order valence-electron chi connectivity index (χ1n) is 6.53. The summed E-state index contributed by atoms with van der Waals surface area (Å²) < 4.78 is 19.8. The zero-order valence-electron chi connectivity index (χ0n) is 11.8. The highest BCUT2D eigenvalue weighted by atomic mass is 19.1. The molecule has 0 spiro atoms. The number of esters is 1. The second-order valence-corrected chi connectivity index (χ2v) is 4.88. The number of carbonyl (C=O) groups excluding carboxylic acids is 1. The molecule has 3 nitrogen and oxygen atoms in total. The van der Waals surface area contributed by atoms with Crippen LogP contribution in [0.4, 0.5) is 4.39 Å². The molecule has 0 aliphatic heterocycles. The zero-order chi connectivity index (χ0) is 15.0. The van der Waals surface area contributed by atoms with Gasteiger partial charge in [0.1, 0.15) is 5.82 Å². The summed E-state index contributed by atoms with van der Waals surface area (Å²) in [5.41, 5.74) is 3.15. The molecule has 0 atom stereocenters. The van der Waals surface area contributed by atoms with E-state index >= 15 is 0 Å². The summed E-state index contributed by atoms with van der Waals surface area (Å²) in [5, 5.41) is 1.01.